The van der Waals surface area contributed by atoms with Crippen LogP contribution in [0.2, 0.25) is 0 Å². The number of likely N-dealkylation sites (tertiary alicyclic amines) is 1. The third kappa shape index (κ3) is 2.46. The number of aromatic amines is 1. The highest BCUT2D eigenvalue weighted by Crippen LogP contribution is 2.20. The van der Waals surface area contributed by atoms with Crippen LogP contribution in [-0.2, 0) is 0 Å². The first-order valence-electron chi connectivity index (χ1n) is 6.69. The third-order valence-electron chi connectivity index (χ3n) is 3.68. The van der Waals surface area contributed by atoms with Gasteiger partial charge in [0.05, 0.1) is 6.33 Å². The summed E-state index contributed by atoms with van der Waals surface area (Å²) in [6, 6.07) is 0. The summed E-state index contributed by atoms with van der Waals surface area (Å²) in [5, 5.41) is 3.37. The summed E-state index contributed by atoms with van der Waals surface area (Å²) < 4.78 is 0. The number of H-pyrrole nitrogens is 1. The molecule has 1 aliphatic heterocycles. The van der Waals surface area contributed by atoms with Gasteiger partial charge < -0.3 is 20.9 Å². The van der Waals surface area contributed by atoms with E-state index in [0.717, 1.165) is 31.0 Å². The van der Waals surface area contributed by atoms with Crippen LogP contribution in [0.1, 0.15) is 13.3 Å². The molecule has 7 nitrogen and oxygen atoms in total. The maximum Gasteiger partial charge on any atom is 0.224 e. The molecule has 3 rings (SSSR count). The molecule has 4 N–H and O–H groups in total. The average molecular weight is 261 g/mol. The zero-order chi connectivity index (χ0) is 13.2. The summed E-state index contributed by atoms with van der Waals surface area (Å²) in [6.45, 7) is 6.57. The molecule has 0 amide bonds. The van der Waals surface area contributed by atoms with Gasteiger partial charge in [0.25, 0.3) is 0 Å². The molecule has 2 aromatic heterocycles. The molecule has 3 heterocycles. The maximum atomic E-state index is 5.69. The third-order valence-corrected chi connectivity index (χ3v) is 3.68. The number of imidazole rings is 1. The van der Waals surface area contributed by atoms with Gasteiger partial charge in [-0.1, -0.05) is 6.92 Å². The Bertz CT molecular complexity index is 564. The van der Waals surface area contributed by atoms with Crippen LogP contribution in [0.15, 0.2) is 6.33 Å². The van der Waals surface area contributed by atoms with E-state index in [9.17, 15) is 0 Å². The molecule has 0 radical (unpaired) electrons. The Balaban J connectivity index is 1.70. The molecule has 0 bridgehead atoms. The average Bonchev–Trinajstić information content (AvgIpc) is 3.03. The van der Waals surface area contributed by atoms with E-state index in [1.165, 1.54) is 13.0 Å². The van der Waals surface area contributed by atoms with E-state index in [4.69, 9.17) is 5.73 Å². The number of hydrogen-bond acceptors (Lipinski definition) is 6. The van der Waals surface area contributed by atoms with Gasteiger partial charge in [-0.15, -0.1) is 0 Å². The summed E-state index contributed by atoms with van der Waals surface area (Å²) >= 11 is 0. The lowest BCUT2D eigenvalue weighted by Gasteiger charge is -2.14. The van der Waals surface area contributed by atoms with Gasteiger partial charge in [0.15, 0.2) is 11.5 Å². The standard InChI is InChI=1S/C12H19N7/c1-2-19-4-3-8(6-19)5-14-10-9-11(16-7-15-9)18-12(13)17-10/h7-8H,2-6H2,1H3,(H4,13,14,15,16,17,18). The van der Waals surface area contributed by atoms with Crippen molar-refractivity contribution in [3.05, 3.63) is 6.33 Å². The Morgan fingerprint density at radius 2 is 2.42 bits per heavy atom. The molecule has 19 heavy (non-hydrogen) atoms. The molecule has 1 atom stereocenters. The van der Waals surface area contributed by atoms with Crippen molar-refractivity contribution in [2.75, 3.05) is 37.2 Å². The van der Waals surface area contributed by atoms with Crippen LogP contribution in [0.4, 0.5) is 11.8 Å². The first-order valence-corrected chi connectivity index (χ1v) is 6.69. The number of hydrogen-bond donors (Lipinski definition) is 3. The summed E-state index contributed by atoms with van der Waals surface area (Å²) in [5.41, 5.74) is 7.11. The normalized spacial score (nSPS) is 20.2. The molecular formula is C12H19N7. The first kappa shape index (κ1) is 12.2. The fraction of sp³-hybridized carbons (Fsp3) is 0.583. The Morgan fingerprint density at radius 3 is 3.21 bits per heavy atom. The molecule has 2 aromatic rings. The van der Waals surface area contributed by atoms with Crippen molar-refractivity contribution in [1.29, 1.82) is 0 Å². The summed E-state index contributed by atoms with van der Waals surface area (Å²) in [4.78, 5) is 17.9. The lowest BCUT2D eigenvalue weighted by Crippen LogP contribution is -2.22. The van der Waals surface area contributed by atoms with E-state index in [1.807, 2.05) is 0 Å². The fourth-order valence-electron chi connectivity index (χ4n) is 2.59. The Kier molecular flexibility index (Phi) is 3.20. The number of rotatable bonds is 4. The van der Waals surface area contributed by atoms with Crippen LogP contribution in [-0.4, -0.2) is 51.0 Å². The zero-order valence-electron chi connectivity index (χ0n) is 11.1. The number of anilines is 2. The fourth-order valence-corrected chi connectivity index (χ4v) is 2.59. The van der Waals surface area contributed by atoms with Crippen LogP contribution in [0.3, 0.4) is 0 Å². The molecule has 0 saturated carbocycles. The molecule has 1 aliphatic rings. The summed E-state index contributed by atoms with van der Waals surface area (Å²) in [6.07, 6.45) is 2.84. The Labute approximate surface area is 111 Å². The highest BCUT2D eigenvalue weighted by atomic mass is 15.2. The van der Waals surface area contributed by atoms with Crippen molar-refractivity contribution in [3.8, 4) is 0 Å². The molecule has 1 saturated heterocycles. The van der Waals surface area contributed by atoms with E-state index in [2.05, 4.69) is 37.1 Å². The SMILES string of the molecule is CCN1CCC(CNc2nc(N)nc3nc[nH]c23)C1. The van der Waals surface area contributed by atoms with Gasteiger partial charge >= 0.3 is 0 Å². The van der Waals surface area contributed by atoms with Gasteiger partial charge in [0, 0.05) is 13.1 Å². The smallest absolute Gasteiger partial charge is 0.224 e. The van der Waals surface area contributed by atoms with E-state index in [-0.39, 0.29) is 5.95 Å². The minimum absolute atomic E-state index is 0.253. The lowest BCUT2D eigenvalue weighted by molar-refractivity contribution is 0.345. The van der Waals surface area contributed by atoms with Crippen LogP contribution in [0.25, 0.3) is 11.2 Å². The van der Waals surface area contributed by atoms with Crippen molar-refractivity contribution in [2.45, 2.75) is 13.3 Å². The minimum atomic E-state index is 0.253. The largest absolute Gasteiger partial charge is 0.368 e. The molecule has 1 fully saturated rings. The van der Waals surface area contributed by atoms with Gasteiger partial charge in [0.2, 0.25) is 5.95 Å². The molecule has 0 aliphatic carbocycles. The quantitative estimate of drug-likeness (QED) is 0.749. The molecule has 1 unspecified atom stereocenters. The van der Waals surface area contributed by atoms with Crippen LogP contribution in [0.5, 0.6) is 0 Å². The molecule has 102 valence electrons. The minimum Gasteiger partial charge on any atom is -0.368 e. The molecule has 0 spiro atoms. The van der Waals surface area contributed by atoms with Crippen molar-refractivity contribution >= 4 is 22.9 Å². The highest BCUT2D eigenvalue weighted by Gasteiger charge is 2.21. The van der Waals surface area contributed by atoms with Crippen LogP contribution >= 0.6 is 0 Å². The summed E-state index contributed by atoms with van der Waals surface area (Å²) in [5.74, 6) is 1.66. The number of nitrogen functional groups attached to an aromatic ring is 1. The second-order valence-corrected chi connectivity index (χ2v) is 4.96. The number of nitrogens with zero attached hydrogens (tertiary/aromatic N) is 4. The molecule has 7 heteroatoms. The van der Waals surface area contributed by atoms with Crippen LogP contribution in [0, 0.1) is 5.92 Å². The Hall–Kier alpha value is -1.89. The zero-order valence-corrected chi connectivity index (χ0v) is 11.1. The van der Waals surface area contributed by atoms with Gasteiger partial charge in [-0.3, -0.25) is 0 Å². The molecule has 0 aromatic carbocycles. The van der Waals surface area contributed by atoms with Gasteiger partial charge in [-0.2, -0.15) is 9.97 Å². The second-order valence-electron chi connectivity index (χ2n) is 4.96. The van der Waals surface area contributed by atoms with Crippen molar-refractivity contribution in [2.24, 2.45) is 5.92 Å². The predicted octanol–water partition coefficient (Wildman–Crippen LogP) is 0.689. The monoisotopic (exact) mass is 261 g/mol. The van der Waals surface area contributed by atoms with E-state index >= 15 is 0 Å². The number of fused-ring (bicyclic) bond motifs is 1. The maximum absolute atomic E-state index is 5.69. The van der Waals surface area contributed by atoms with E-state index < -0.39 is 0 Å². The first-order chi connectivity index (χ1) is 9.26. The predicted molar refractivity (Wildman–Crippen MR) is 74.8 cm³/mol. The van der Waals surface area contributed by atoms with E-state index in [1.54, 1.807) is 6.33 Å². The van der Waals surface area contributed by atoms with Gasteiger partial charge in [-0.05, 0) is 25.4 Å². The van der Waals surface area contributed by atoms with Crippen molar-refractivity contribution < 1.29 is 0 Å². The van der Waals surface area contributed by atoms with E-state index in [0.29, 0.717) is 11.6 Å². The van der Waals surface area contributed by atoms with Crippen molar-refractivity contribution in [3.63, 3.8) is 0 Å². The van der Waals surface area contributed by atoms with Crippen LogP contribution < -0.4 is 11.1 Å². The number of nitrogens with two attached hydrogens (primary N) is 1. The van der Waals surface area contributed by atoms with Gasteiger partial charge in [0.1, 0.15) is 5.52 Å². The van der Waals surface area contributed by atoms with Crippen molar-refractivity contribution in [1.82, 2.24) is 24.8 Å². The number of nitrogens with one attached hydrogen (secondary N) is 2. The second kappa shape index (κ2) is 5.00. The summed E-state index contributed by atoms with van der Waals surface area (Å²) in [7, 11) is 0. The number of aromatic nitrogens is 4. The Morgan fingerprint density at radius 1 is 1.53 bits per heavy atom. The molecular weight excluding hydrogens is 242 g/mol. The topological polar surface area (TPSA) is 95.8 Å². The van der Waals surface area contributed by atoms with Gasteiger partial charge in [-0.25, -0.2) is 4.98 Å². The lowest BCUT2D eigenvalue weighted by atomic mass is 10.1. The highest BCUT2D eigenvalue weighted by molar-refractivity contribution is 5.83.